The maximum absolute atomic E-state index is 12.0. The Labute approximate surface area is 117 Å². The van der Waals surface area contributed by atoms with E-state index >= 15 is 0 Å². The topological polar surface area (TPSA) is 26.3 Å². The molecule has 0 bridgehead atoms. The molecule has 106 valence electrons. The van der Waals surface area contributed by atoms with Crippen molar-refractivity contribution >= 4 is 5.78 Å². The lowest BCUT2D eigenvalue weighted by Gasteiger charge is -2.39. The van der Waals surface area contributed by atoms with Gasteiger partial charge in [-0.2, -0.15) is 0 Å². The van der Waals surface area contributed by atoms with Crippen LogP contribution in [-0.2, 0) is 9.53 Å². The van der Waals surface area contributed by atoms with Crippen molar-refractivity contribution in [3.63, 3.8) is 0 Å². The highest BCUT2D eigenvalue weighted by molar-refractivity contribution is 5.83. The molecule has 0 N–H and O–H groups in total. The SMILES string of the molecule is CC(C)(C)C#CCO[C@H]1CC[C@H]2C(=O)CCC[C@]12C. The lowest BCUT2D eigenvalue weighted by Crippen LogP contribution is -2.40. The fourth-order valence-corrected chi connectivity index (χ4v) is 3.60. The second kappa shape index (κ2) is 5.29. The molecule has 2 nitrogen and oxygen atoms in total. The highest BCUT2D eigenvalue weighted by atomic mass is 16.5. The van der Waals surface area contributed by atoms with Crippen molar-refractivity contribution in [2.45, 2.75) is 65.9 Å². The number of hydrogen-bond acceptors (Lipinski definition) is 2. The van der Waals surface area contributed by atoms with Gasteiger partial charge in [0.1, 0.15) is 12.4 Å². The van der Waals surface area contributed by atoms with Crippen molar-refractivity contribution in [2.75, 3.05) is 6.61 Å². The first-order valence-corrected chi connectivity index (χ1v) is 7.47. The van der Waals surface area contributed by atoms with Crippen LogP contribution < -0.4 is 0 Å². The van der Waals surface area contributed by atoms with Gasteiger partial charge in [-0.3, -0.25) is 4.79 Å². The van der Waals surface area contributed by atoms with Crippen LogP contribution >= 0.6 is 0 Å². The van der Waals surface area contributed by atoms with E-state index in [0.29, 0.717) is 12.4 Å². The second-order valence-corrected chi connectivity index (χ2v) is 7.31. The molecule has 19 heavy (non-hydrogen) atoms. The van der Waals surface area contributed by atoms with E-state index in [0.717, 1.165) is 32.1 Å². The van der Waals surface area contributed by atoms with Gasteiger partial charge in [0.25, 0.3) is 0 Å². The Morgan fingerprint density at radius 3 is 2.79 bits per heavy atom. The number of fused-ring (bicyclic) bond motifs is 1. The predicted octanol–water partition coefficient (Wildman–Crippen LogP) is 3.59. The summed E-state index contributed by atoms with van der Waals surface area (Å²) in [6, 6.07) is 0. The molecule has 0 spiro atoms. The summed E-state index contributed by atoms with van der Waals surface area (Å²) in [6.07, 6.45) is 5.17. The second-order valence-electron chi connectivity index (χ2n) is 7.31. The van der Waals surface area contributed by atoms with Crippen LogP contribution in [0.3, 0.4) is 0 Å². The number of hydrogen-bond donors (Lipinski definition) is 0. The molecule has 2 heteroatoms. The van der Waals surface area contributed by atoms with Gasteiger partial charge in [-0.1, -0.05) is 18.8 Å². The summed E-state index contributed by atoms with van der Waals surface area (Å²) in [4.78, 5) is 12.0. The average molecular weight is 262 g/mol. The molecule has 0 saturated heterocycles. The predicted molar refractivity (Wildman–Crippen MR) is 76.7 cm³/mol. The average Bonchev–Trinajstić information content (AvgIpc) is 2.62. The van der Waals surface area contributed by atoms with Crippen LogP contribution in [0.4, 0.5) is 0 Å². The highest BCUT2D eigenvalue weighted by Gasteiger charge is 2.51. The Morgan fingerprint density at radius 1 is 1.37 bits per heavy atom. The molecule has 0 radical (unpaired) electrons. The van der Waals surface area contributed by atoms with Gasteiger partial charge in [0.15, 0.2) is 0 Å². The molecule has 2 fully saturated rings. The third kappa shape index (κ3) is 3.20. The molecule has 0 aromatic carbocycles. The third-order valence-electron chi connectivity index (χ3n) is 4.60. The lowest BCUT2D eigenvalue weighted by molar-refractivity contribution is -0.132. The third-order valence-corrected chi connectivity index (χ3v) is 4.60. The smallest absolute Gasteiger partial charge is 0.136 e. The van der Waals surface area contributed by atoms with Gasteiger partial charge in [0.05, 0.1) is 6.10 Å². The van der Waals surface area contributed by atoms with Crippen molar-refractivity contribution in [1.82, 2.24) is 0 Å². The molecule has 3 atom stereocenters. The van der Waals surface area contributed by atoms with E-state index in [1.165, 1.54) is 0 Å². The Morgan fingerprint density at radius 2 is 2.11 bits per heavy atom. The lowest BCUT2D eigenvalue weighted by atomic mass is 9.68. The molecule has 2 aliphatic rings. The zero-order valence-corrected chi connectivity index (χ0v) is 12.7. The molecule has 0 aromatic heterocycles. The van der Waals surface area contributed by atoms with Crippen LogP contribution in [0.1, 0.15) is 59.8 Å². The summed E-state index contributed by atoms with van der Waals surface area (Å²) in [5, 5.41) is 0. The molecule has 2 saturated carbocycles. The van der Waals surface area contributed by atoms with Gasteiger partial charge in [0, 0.05) is 23.2 Å². The fourth-order valence-electron chi connectivity index (χ4n) is 3.60. The van der Waals surface area contributed by atoms with Crippen molar-refractivity contribution in [3.05, 3.63) is 0 Å². The van der Waals surface area contributed by atoms with Crippen LogP contribution in [0, 0.1) is 28.6 Å². The van der Waals surface area contributed by atoms with Crippen molar-refractivity contribution in [3.8, 4) is 11.8 Å². The maximum Gasteiger partial charge on any atom is 0.136 e. The van der Waals surface area contributed by atoms with Crippen molar-refractivity contribution in [1.29, 1.82) is 0 Å². The van der Waals surface area contributed by atoms with Crippen molar-refractivity contribution in [2.24, 2.45) is 16.7 Å². The summed E-state index contributed by atoms with van der Waals surface area (Å²) in [5.74, 6) is 7.01. The van der Waals surface area contributed by atoms with E-state index in [4.69, 9.17) is 4.74 Å². The molecule has 0 heterocycles. The minimum absolute atomic E-state index is 0.0340. The zero-order valence-electron chi connectivity index (χ0n) is 12.7. The van der Waals surface area contributed by atoms with E-state index in [9.17, 15) is 4.79 Å². The number of carbonyl (C=O) groups excluding carboxylic acids is 1. The molecule has 0 aliphatic heterocycles. The molecule has 2 rings (SSSR count). The Bertz CT molecular complexity index is 407. The largest absolute Gasteiger partial charge is 0.365 e. The number of ether oxygens (including phenoxy) is 1. The molecular weight excluding hydrogens is 236 g/mol. The summed E-state index contributed by atoms with van der Waals surface area (Å²) in [6.45, 7) is 9.05. The van der Waals surface area contributed by atoms with Gasteiger partial charge in [-0.25, -0.2) is 0 Å². The van der Waals surface area contributed by atoms with Gasteiger partial charge in [-0.05, 0) is 46.5 Å². The standard InChI is InChI=1S/C17H26O2/c1-16(2,3)10-6-12-19-15-9-8-13-14(18)7-5-11-17(13,15)4/h13,15H,5,7-9,11-12H2,1-4H3/t13-,15-,17-/m0/s1. The van der Waals surface area contributed by atoms with E-state index in [2.05, 4.69) is 39.5 Å². The summed E-state index contributed by atoms with van der Waals surface area (Å²) in [5.41, 5.74) is 0.102. The summed E-state index contributed by atoms with van der Waals surface area (Å²) < 4.78 is 5.99. The van der Waals surface area contributed by atoms with Crippen LogP contribution in [0.15, 0.2) is 0 Å². The molecule has 0 aromatic rings. The van der Waals surface area contributed by atoms with Crippen molar-refractivity contribution < 1.29 is 9.53 Å². The first kappa shape index (κ1) is 14.6. The highest BCUT2D eigenvalue weighted by Crippen LogP contribution is 2.51. The van der Waals surface area contributed by atoms with Crippen LogP contribution in [0.5, 0.6) is 0 Å². The van der Waals surface area contributed by atoms with Gasteiger partial charge in [-0.15, -0.1) is 0 Å². The van der Waals surface area contributed by atoms with Crippen LogP contribution in [0.2, 0.25) is 0 Å². The Hall–Kier alpha value is -0.810. The summed E-state index contributed by atoms with van der Waals surface area (Å²) in [7, 11) is 0. The van der Waals surface area contributed by atoms with E-state index < -0.39 is 0 Å². The first-order valence-electron chi connectivity index (χ1n) is 7.47. The molecule has 0 unspecified atom stereocenters. The van der Waals surface area contributed by atoms with E-state index in [1.807, 2.05) is 0 Å². The van der Waals surface area contributed by atoms with Crippen LogP contribution in [-0.4, -0.2) is 18.5 Å². The normalized spacial score (nSPS) is 34.6. The Kier molecular flexibility index (Phi) is 4.06. The number of ketones is 1. The number of Topliss-reactive ketones (excluding diaryl/α,β-unsaturated/α-hetero) is 1. The monoisotopic (exact) mass is 262 g/mol. The van der Waals surface area contributed by atoms with Gasteiger partial charge in [0.2, 0.25) is 0 Å². The quantitative estimate of drug-likeness (QED) is 0.711. The minimum Gasteiger partial charge on any atom is -0.365 e. The zero-order chi connectivity index (χ0) is 14.1. The Balaban J connectivity index is 1.95. The number of carbonyl (C=O) groups is 1. The molecule has 0 amide bonds. The maximum atomic E-state index is 12.0. The summed E-state index contributed by atoms with van der Waals surface area (Å²) >= 11 is 0. The molecular formula is C17H26O2. The number of rotatable bonds is 2. The minimum atomic E-state index is 0.0340. The van der Waals surface area contributed by atoms with Crippen LogP contribution in [0.25, 0.3) is 0 Å². The molecule has 2 aliphatic carbocycles. The fraction of sp³-hybridized carbons (Fsp3) is 0.824. The first-order chi connectivity index (χ1) is 8.83. The van der Waals surface area contributed by atoms with E-state index in [-0.39, 0.29) is 22.9 Å². The van der Waals surface area contributed by atoms with Gasteiger partial charge >= 0.3 is 0 Å². The van der Waals surface area contributed by atoms with Gasteiger partial charge < -0.3 is 4.74 Å². The van der Waals surface area contributed by atoms with E-state index in [1.54, 1.807) is 0 Å².